The van der Waals surface area contributed by atoms with E-state index in [-0.39, 0.29) is 0 Å². The van der Waals surface area contributed by atoms with Gasteiger partial charge in [-0.2, -0.15) is 0 Å². The first-order valence-electron chi connectivity index (χ1n) is 6.41. The first-order chi connectivity index (χ1) is 8.12. The largest absolute Gasteiger partial charge is 0.319 e. The molecule has 0 spiro atoms. The maximum absolute atomic E-state index is 4.42. The molecule has 1 atom stereocenters. The molecule has 2 rings (SSSR count). The predicted octanol–water partition coefficient (Wildman–Crippen LogP) is 1.90. The average Bonchev–Trinajstić information content (AvgIpc) is 2.55. The smallest absolute Gasteiger partial charge is 0.0544 e. The summed E-state index contributed by atoms with van der Waals surface area (Å²) in [4.78, 5) is 6.97. The Balaban J connectivity index is 2.01. The van der Waals surface area contributed by atoms with Crippen LogP contribution in [-0.4, -0.2) is 35.6 Å². The van der Waals surface area contributed by atoms with Crippen molar-refractivity contribution in [1.29, 1.82) is 0 Å². The average molecular weight is 233 g/mol. The minimum Gasteiger partial charge on any atom is -0.319 e. The molecule has 2 heterocycles. The third kappa shape index (κ3) is 3.05. The molecule has 1 N–H and O–H groups in total. The normalized spacial score (nSPS) is 24.1. The molecule has 1 aromatic rings. The zero-order chi connectivity index (χ0) is 12.3. The lowest BCUT2D eigenvalue weighted by Crippen LogP contribution is -2.37. The quantitative estimate of drug-likeness (QED) is 0.861. The molecule has 1 aliphatic heterocycles. The Morgan fingerprint density at radius 2 is 2.29 bits per heavy atom. The highest BCUT2D eigenvalue weighted by Crippen LogP contribution is 2.33. The molecule has 0 aromatic carbocycles. The van der Waals surface area contributed by atoms with Crippen molar-refractivity contribution in [3.63, 3.8) is 0 Å². The summed E-state index contributed by atoms with van der Waals surface area (Å²) in [6, 6.07) is 6.15. The Labute approximate surface area is 104 Å². The summed E-state index contributed by atoms with van der Waals surface area (Å²) in [5.74, 6) is 0.763. The van der Waals surface area contributed by atoms with Gasteiger partial charge in [0, 0.05) is 24.8 Å². The summed E-state index contributed by atoms with van der Waals surface area (Å²) in [5, 5.41) is 3.29. The van der Waals surface area contributed by atoms with Crippen LogP contribution < -0.4 is 5.32 Å². The molecule has 1 aliphatic rings. The van der Waals surface area contributed by atoms with Crippen molar-refractivity contribution in [3.05, 3.63) is 30.1 Å². The third-order valence-corrected chi connectivity index (χ3v) is 3.69. The van der Waals surface area contributed by atoms with Crippen LogP contribution in [0.1, 0.15) is 26.0 Å². The Morgan fingerprint density at radius 3 is 2.94 bits per heavy atom. The van der Waals surface area contributed by atoms with Crippen LogP contribution >= 0.6 is 0 Å². The molecule has 1 fully saturated rings. The summed E-state index contributed by atoms with van der Waals surface area (Å²) in [6.07, 6.45) is 3.14. The predicted molar refractivity (Wildman–Crippen MR) is 70.8 cm³/mol. The Bertz CT molecular complexity index is 348. The number of rotatable bonds is 4. The fourth-order valence-corrected chi connectivity index (χ4v) is 2.85. The lowest BCUT2D eigenvalue weighted by Gasteiger charge is -2.31. The zero-order valence-corrected chi connectivity index (χ0v) is 11.1. The summed E-state index contributed by atoms with van der Waals surface area (Å²) < 4.78 is 0. The maximum atomic E-state index is 4.42. The molecule has 0 bridgehead atoms. The van der Waals surface area contributed by atoms with Crippen molar-refractivity contribution in [1.82, 2.24) is 15.2 Å². The zero-order valence-electron chi connectivity index (χ0n) is 11.1. The van der Waals surface area contributed by atoms with Gasteiger partial charge in [0.1, 0.15) is 0 Å². The van der Waals surface area contributed by atoms with E-state index in [2.05, 4.69) is 41.2 Å². The van der Waals surface area contributed by atoms with Crippen molar-refractivity contribution in [2.24, 2.45) is 5.92 Å². The molecule has 1 aromatic heterocycles. The van der Waals surface area contributed by atoms with E-state index in [0.717, 1.165) is 19.0 Å². The number of hydrogen-bond donors (Lipinski definition) is 1. The van der Waals surface area contributed by atoms with E-state index in [4.69, 9.17) is 0 Å². The van der Waals surface area contributed by atoms with E-state index in [1.807, 2.05) is 19.3 Å². The van der Waals surface area contributed by atoms with Gasteiger partial charge in [-0.05, 0) is 51.9 Å². The van der Waals surface area contributed by atoms with E-state index >= 15 is 0 Å². The van der Waals surface area contributed by atoms with Crippen molar-refractivity contribution in [2.75, 3.05) is 20.1 Å². The standard InChI is InChI=1S/C14H23N3/c1-14(2)8-12(9-15-3)10-17(14)11-13-6-4-5-7-16-13/h4-7,12,15H,8-11H2,1-3H3. The fraction of sp³-hybridized carbons (Fsp3) is 0.643. The Kier molecular flexibility index (Phi) is 3.79. The molecular weight excluding hydrogens is 210 g/mol. The minimum atomic E-state index is 0.291. The second-order valence-corrected chi connectivity index (χ2v) is 5.64. The fourth-order valence-electron chi connectivity index (χ4n) is 2.85. The Morgan fingerprint density at radius 1 is 1.47 bits per heavy atom. The number of pyridine rings is 1. The van der Waals surface area contributed by atoms with Gasteiger partial charge in [0.15, 0.2) is 0 Å². The van der Waals surface area contributed by atoms with Crippen LogP contribution in [0.5, 0.6) is 0 Å². The molecule has 3 heteroatoms. The van der Waals surface area contributed by atoms with Gasteiger partial charge in [0.25, 0.3) is 0 Å². The third-order valence-electron chi connectivity index (χ3n) is 3.69. The van der Waals surface area contributed by atoms with Crippen LogP contribution in [0.25, 0.3) is 0 Å². The van der Waals surface area contributed by atoms with E-state index in [1.165, 1.54) is 18.7 Å². The molecule has 17 heavy (non-hydrogen) atoms. The summed E-state index contributed by atoms with van der Waals surface area (Å²) in [5.41, 5.74) is 1.46. The van der Waals surface area contributed by atoms with Gasteiger partial charge in [-0.1, -0.05) is 6.07 Å². The van der Waals surface area contributed by atoms with Gasteiger partial charge >= 0.3 is 0 Å². The molecule has 0 aliphatic carbocycles. The van der Waals surface area contributed by atoms with Crippen LogP contribution in [0.3, 0.4) is 0 Å². The van der Waals surface area contributed by atoms with Crippen molar-refractivity contribution in [3.8, 4) is 0 Å². The SMILES string of the molecule is CNCC1CN(Cc2ccccn2)C(C)(C)C1. The first-order valence-corrected chi connectivity index (χ1v) is 6.41. The van der Waals surface area contributed by atoms with Crippen LogP contribution in [0, 0.1) is 5.92 Å². The van der Waals surface area contributed by atoms with Gasteiger partial charge in [-0.3, -0.25) is 9.88 Å². The van der Waals surface area contributed by atoms with Crippen LogP contribution in [0.15, 0.2) is 24.4 Å². The monoisotopic (exact) mass is 233 g/mol. The number of nitrogens with zero attached hydrogens (tertiary/aromatic N) is 2. The van der Waals surface area contributed by atoms with Gasteiger partial charge in [-0.25, -0.2) is 0 Å². The Hall–Kier alpha value is -0.930. The number of likely N-dealkylation sites (tertiary alicyclic amines) is 1. The second kappa shape index (κ2) is 5.15. The molecule has 3 nitrogen and oxygen atoms in total. The minimum absolute atomic E-state index is 0.291. The summed E-state index contributed by atoms with van der Waals surface area (Å²) in [6.45, 7) is 7.93. The summed E-state index contributed by atoms with van der Waals surface area (Å²) >= 11 is 0. The van der Waals surface area contributed by atoms with E-state index in [9.17, 15) is 0 Å². The molecule has 1 saturated heterocycles. The second-order valence-electron chi connectivity index (χ2n) is 5.64. The number of hydrogen-bond acceptors (Lipinski definition) is 3. The first kappa shape index (κ1) is 12.5. The lowest BCUT2D eigenvalue weighted by atomic mass is 9.96. The van der Waals surface area contributed by atoms with E-state index in [1.54, 1.807) is 0 Å². The van der Waals surface area contributed by atoms with E-state index in [0.29, 0.717) is 5.54 Å². The van der Waals surface area contributed by atoms with Crippen LogP contribution in [-0.2, 0) is 6.54 Å². The highest BCUT2D eigenvalue weighted by molar-refractivity contribution is 5.05. The van der Waals surface area contributed by atoms with Crippen molar-refractivity contribution in [2.45, 2.75) is 32.4 Å². The topological polar surface area (TPSA) is 28.2 Å². The lowest BCUT2D eigenvalue weighted by molar-refractivity contribution is 0.164. The van der Waals surface area contributed by atoms with Crippen molar-refractivity contribution >= 4 is 0 Å². The number of nitrogens with one attached hydrogen (secondary N) is 1. The highest BCUT2D eigenvalue weighted by Gasteiger charge is 2.37. The molecule has 0 amide bonds. The molecule has 1 unspecified atom stereocenters. The van der Waals surface area contributed by atoms with Gasteiger partial charge in [0.05, 0.1) is 5.69 Å². The van der Waals surface area contributed by atoms with Crippen LogP contribution in [0.2, 0.25) is 0 Å². The molecular formula is C14H23N3. The van der Waals surface area contributed by atoms with Gasteiger partial charge < -0.3 is 5.32 Å². The van der Waals surface area contributed by atoms with Crippen molar-refractivity contribution < 1.29 is 0 Å². The maximum Gasteiger partial charge on any atom is 0.0544 e. The number of aromatic nitrogens is 1. The van der Waals surface area contributed by atoms with Gasteiger partial charge in [-0.15, -0.1) is 0 Å². The molecule has 94 valence electrons. The van der Waals surface area contributed by atoms with E-state index < -0.39 is 0 Å². The van der Waals surface area contributed by atoms with Gasteiger partial charge in [0.2, 0.25) is 0 Å². The summed E-state index contributed by atoms with van der Waals surface area (Å²) in [7, 11) is 2.04. The highest BCUT2D eigenvalue weighted by atomic mass is 15.2. The van der Waals surface area contributed by atoms with Crippen LogP contribution in [0.4, 0.5) is 0 Å². The molecule has 0 radical (unpaired) electrons. The molecule has 0 saturated carbocycles.